The van der Waals surface area contributed by atoms with Crippen LogP contribution in [0.5, 0.6) is 0 Å². The van der Waals surface area contributed by atoms with Gasteiger partial charge in [-0.15, -0.1) is 0 Å². The lowest BCUT2D eigenvalue weighted by Crippen LogP contribution is -2.02. The number of aliphatic carboxylic acids is 1. The summed E-state index contributed by atoms with van der Waals surface area (Å²) in [4.78, 5) is 21.2. The number of nitrogens with one attached hydrogen (secondary N) is 1. The standard InChI is InChI=1S/C23H35NO4/c25-22(26)14-12-10-8-6-4-2-1-3-5-7-9-11-13-19-24-21-17-15-20(16-18-21)23(27)28/h2,4,15-18,24H,1,3,5-14,19H2,(H,25,26)(H,27,28). The lowest BCUT2D eigenvalue weighted by atomic mass is 10.1. The van der Waals surface area contributed by atoms with Crippen LogP contribution in [0, 0.1) is 0 Å². The number of carboxylic acids is 2. The van der Waals surface area contributed by atoms with Gasteiger partial charge in [-0.2, -0.15) is 0 Å². The highest BCUT2D eigenvalue weighted by atomic mass is 16.4. The number of carboxylic acid groups (broad SMARTS) is 2. The molecular formula is C23H35NO4. The average molecular weight is 390 g/mol. The molecule has 1 aromatic carbocycles. The number of hydrogen-bond donors (Lipinski definition) is 3. The smallest absolute Gasteiger partial charge is 0.335 e. The molecule has 0 saturated heterocycles. The molecule has 0 unspecified atom stereocenters. The molecular weight excluding hydrogens is 354 g/mol. The van der Waals surface area contributed by atoms with E-state index in [0.29, 0.717) is 12.0 Å². The average Bonchev–Trinajstić information content (AvgIpc) is 2.67. The molecule has 0 fully saturated rings. The monoisotopic (exact) mass is 389 g/mol. The number of rotatable bonds is 17. The fourth-order valence-electron chi connectivity index (χ4n) is 3.01. The molecule has 0 saturated carbocycles. The number of anilines is 1. The van der Waals surface area contributed by atoms with E-state index in [9.17, 15) is 9.59 Å². The van der Waals surface area contributed by atoms with Gasteiger partial charge in [0.05, 0.1) is 5.56 Å². The molecule has 0 aliphatic heterocycles. The third kappa shape index (κ3) is 13.0. The fourth-order valence-corrected chi connectivity index (χ4v) is 3.01. The summed E-state index contributed by atoms with van der Waals surface area (Å²) in [5.74, 6) is -1.59. The first kappa shape index (κ1) is 23.7. The van der Waals surface area contributed by atoms with E-state index < -0.39 is 11.9 Å². The highest BCUT2D eigenvalue weighted by Crippen LogP contribution is 2.11. The largest absolute Gasteiger partial charge is 0.481 e. The predicted octanol–water partition coefficient (Wildman–Crippen LogP) is 6.12. The van der Waals surface area contributed by atoms with Crippen LogP contribution in [-0.4, -0.2) is 28.7 Å². The first-order valence-corrected chi connectivity index (χ1v) is 10.5. The Bertz CT molecular complexity index is 581. The Hall–Kier alpha value is -2.30. The van der Waals surface area contributed by atoms with E-state index in [1.165, 1.54) is 32.1 Å². The van der Waals surface area contributed by atoms with Gasteiger partial charge < -0.3 is 15.5 Å². The molecule has 3 N–H and O–H groups in total. The van der Waals surface area contributed by atoms with Crippen molar-refractivity contribution in [2.75, 3.05) is 11.9 Å². The van der Waals surface area contributed by atoms with Gasteiger partial charge in [0.1, 0.15) is 0 Å². The molecule has 0 aliphatic carbocycles. The van der Waals surface area contributed by atoms with Crippen LogP contribution in [0.4, 0.5) is 5.69 Å². The van der Waals surface area contributed by atoms with Gasteiger partial charge in [-0.1, -0.05) is 44.3 Å². The Kier molecular flexibility index (Phi) is 13.3. The predicted molar refractivity (Wildman–Crippen MR) is 114 cm³/mol. The number of unbranched alkanes of at least 4 members (excludes halogenated alkanes) is 9. The summed E-state index contributed by atoms with van der Waals surface area (Å²) >= 11 is 0. The summed E-state index contributed by atoms with van der Waals surface area (Å²) in [5.41, 5.74) is 1.29. The van der Waals surface area contributed by atoms with Crippen LogP contribution in [0.2, 0.25) is 0 Å². The van der Waals surface area contributed by atoms with Gasteiger partial charge in [-0.25, -0.2) is 4.79 Å². The van der Waals surface area contributed by atoms with E-state index in [1.807, 2.05) is 12.1 Å². The fraction of sp³-hybridized carbons (Fsp3) is 0.565. The molecule has 1 aromatic rings. The maximum Gasteiger partial charge on any atom is 0.335 e. The Morgan fingerprint density at radius 3 is 1.86 bits per heavy atom. The third-order valence-corrected chi connectivity index (χ3v) is 4.69. The maximum atomic E-state index is 10.8. The van der Waals surface area contributed by atoms with Crippen molar-refractivity contribution in [2.45, 2.75) is 77.0 Å². The Morgan fingerprint density at radius 1 is 0.750 bits per heavy atom. The van der Waals surface area contributed by atoms with E-state index in [1.54, 1.807) is 12.1 Å². The topological polar surface area (TPSA) is 86.6 Å². The zero-order valence-corrected chi connectivity index (χ0v) is 16.9. The minimum Gasteiger partial charge on any atom is -0.481 e. The summed E-state index contributed by atoms with van der Waals surface area (Å²) < 4.78 is 0. The molecule has 5 heteroatoms. The molecule has 0 amide bonds. The van der Waals surface area contributed by atoms with Crippen LogP contribution in [0.15, 0.2) is 36.4 Å². The van der Waals surface area contributed by atoms with Crippen LogP contribution in [0.3, 0.4) is 0 Å². The molecule has 28 heavy (non-hydrogen) atoms. The van der Waals surface area contributed by atoms with Crippen molar-refractivity contribution in [1.29, 1.82) is 0 Å². The number of aromatic carboxylic acids is 1. The van der Waals surface area contributed by atoms with Gasteiger partial charge in [-0.05, 0) is 62.8 Å². The van der Waals surface area contributed by atoms with Crippen molar-refractivity contribution >= 4 is 17.6 Å². The Labute approximate surface area is 168 Å². The van der Waals surface area contributed by atoms with Gasteiger partial charge >= 0.3 is 11.9 Å². The first-order valence-electron chi connectivity index (χ1n) is 10.5. The van der Waals surface area contributed by atoms with Gasteiger partial charge in [0.25, 0.3) is 0 Å². The lowest BCUT2D eigenvalue weighted by Gasteiger charge is -2.06. The third-order valence-electron chi connectivity index (χ3n) is 4.69. The highest BCUT2D eigenvalue weighted by Gasteiger charge is 2.01. The van der Waals surface area contributed by atoms with Crippen LogP contribution < -0.4 is 5.32 Å². The molecule has 0 radical (unpaired) electrons. The number of hydrogen-bond acceptors (Lipinski definition) is 3. The van der Waals surface area contributed by atoms with E-state index in [-0.39, 0.29) is 0 Å². The Morgan fingerprint density at radius 2 is 1.29 bits per heavy atom. The second kappa shape index (κ2) is 15.7. The summed E-state index contributed by atoms with van der Waals surface area (Å²) in [5, 5.41) is 20.8. The molecule has 5 nitrogen and oxygen atoms in total. The minimum atomic E-state index is -0.893. The van der Waals surface area contributed by atoms with Crippen LogP contribution >= 0.6 is 0 Å². The van der Waals surface area contributed by atoms with Crippen molar-refractivity contribution in [1.82, 2.24) is 0 Å². The van der Waals surface area contributed by atoms with Crippen molar-refractivity contribution in [3.63, 3.8) is 0 Å². The zero-order chi connectivity index (χ0) is 20.5. The summed E-state index contributed by atoms with van der Waals surface area (Å²) in [6.07, 6.45) is 17.2. The van der Waals surface area contributed by atoms with Gasteiger partial charge in [0, 0.05) is 18.7 Å². The molecule has 0 spiro atoms. The molecule has 0 bridgehead atoms. The number of allylic oxidation sites excluding steroid dienone is 2. The van der Waals surface area contributed by atoms with Gasteiger partial charge in [0.15, 0.2) is 0 Å². The number of carbonyl (C=O) groups is 2. The van der Waals surface area contributed by atoms with Gasteiger partial charge in [0.2, 0.25) is 0 Å². The van der Waals surface area contributed by atoms with Crippen molar-refractivity contribution in [2.24, 2.45) is 0 Å². The summed E-state index contributed by atoms with van der Waals surface area (Å²) in [6.45, 7) is 0.918. The van der Waals surface area contributed by atoms with Crippen LogP contribution in [0.25, 0.3) is 0 Å². The first-order chi connectivity index (χ1) is 13.6. The molecule has 1 rings (SSSR count). The quantitative estimate of drug-likeness (QED) is 0.221. The normalized spacial score (nSPS) is 11.0. The molecule has 0 aliphatic rings. The molecule has 0 heterocycles. The SMILES string of the molecule is O=C(O)CCCCCC=CCCCCCCCCNc1ccc(C(=O)O)cc1. The molecule has 0 atom stereocenters. The van der Waals surface area contributed by atoms with Crippen molar-refractivity contribution in [3.8, 4) is 0 Å². The van der Waals surface area contributed by atoms with E-state index in [4.69, 9.17) is 10.2 Å². The van der Waals surface area contributed by atoms with E-state index in [2.05, 4.69) is 17.5 Å². The highest BCUT2D eigenvalue weighted by molar-refractivity contribution is 5.87. The van der Waals surface area contributed by atoms with Gasteiger partial charge in [-0.3, -0.25) is 4.79 Å². The van der Waals surface area contributed by atoms with Crippen molar-refractivity contribution < 1.29 is 19.8 Å². The maximum absolute atomic E-state index is 10.8. The van der Waals surface area contributed by atoms with Crippen LogP contribution in [0.1, 0.15) is 87.4 Å². The number of benzene rings is 1. The zero-order valence-electron chi connectivity index (χ0n) is 16.9. The second-order valence-corrected chi connectivity index (χ2v) is 7.18. The van der Waals surface area contributed by atoms with Crippen molar-refractivity contribution in [3.05, 3.63) is 42.0 Å². The van der Waals surface area contributed by atoms with E-state index >= 15 is 0 Å². The summed E-state index contributed by atoms with van der Waals surface area (Å²) in [6, 6.07) is 6.87. The summed E-state index contributed by atoms with van der Waals surface area (Å²) in [7, 11) is 0. The van der Waals surface area contributed by atoms with E-state index in [0.717, 1.165) is 50.8 Å². The minimum absolute atomic E-state index is 0.291. The van der Waals surface area contributed by atoms with Crippen LogP contribution in [-0.2, 0) is 4.79 Å². The molecule has 0 aromatic heterocycles. The Balaban J connectivity index is 1.85. The molecule has 156 valence electrons. The lowest BCUT2D eigenvalue weighted by molar-refractivity contribution is -0.137. The second-order valence-electron chi connectivity index (χ2n) is 7.18.